The summed E-state index contributed by atoms with van der Waals surface area (Å²) in [6, 6.07) is 41.8. The summed E-state index contributed by atoms with van der Waals surface area (Å²) < 4.78 is 0. The van der Waals surface area contributed by atoms with Gasteiger partial charge in [-0.2, -0.15) is 0 Å². The molecule has 3 atom stereocenters. The van der Waals surface area contributed by atoms with Gasteiger partial charge in [0.2, 0.25) is 5.91 Å². The Morgan fingerprint density at radius 2 is 1.22 bits per heavy atom. The maximum atomic E-state index is 14.1. The Kier molecular flexibility index (Phi) is 7.89. The summed E-state index contributed by atoms with van der Waals surface area (Å²) in [6.07, 6.45) is 2.23. The van der Waals surface area contributed by atoms with E-state index in [0.29, 0.717) is 18.3 Å². The quantitative estimate of drug-likeness (QED) is 0.325. The minimum atomic E-state index is 0.0507. The molecule has 4 aromatic carbocycles. The summed E-state index contributed by atoms with van der Waals surface area (Å²) in [4.78, 5) is 16.2. The van der Waals surface area contributed by atoms with Crippen molar-refractivity contribution in [2.75, 3.05) is 18.0 Å². The molecule has 0 saturated carbocycles. The van der Waals surface area contributed by atoms with E-state index < -0.39 is 0 Å². The van der Waals surface area contributed by atoms with Crippen LogP contribution >= 0.6 is 0 Å². The van der Waals surface area contributed by atoms with E-state index in [1.807, 2.05) is 48.5 Å². The number of carbonyl (C=O) groups excluding carboxylic acids is 1. The Hall–Kier alpha value is -3.69. The molecule has 4 aromatic rings. The second-order valence-corrected chi connectivity index (χ2v) is 9.79. The topological polar surface area (TPSA) is 32.3 Å². The molecule has 1 fully saturated rings. The summed E-state index contributed by atoms with van der Waals surface area (Å²) in [6.45, 7) is 1.89. The lowest BCUT2D eigenvalue weighted by molar-refractivity contribution is -0.118. The molecule has 5 rings (SSSR count). The van der Waals surface area contributed by atoms with Gasteiger partial charge in [-0.15, -0.1) is 0 Å². The van der Waals surface area contributed by atoms with Crippen LogP contribution in [0.4, 0.5) is 5.69 Å². The van der Waals surface area contributed by atoms with E-state index in [2.05, 4.69) is 83.0 Å². The molecule has 0 spiro atoms. The molecule has 0 aliphatic carbocycles. The highest BCUT2D eigenvalue weighted by atomic mass is 16.2. The highest BCUT2D eigenvalue weighted by molar-refractivity contribution is 5.95. The number of carbonyl (C=O) groups is 1. The van der Waals surface area contributed by atoms with Crippen molar-refractivity contribution < 1.29 is 4.79 Å². The first-order chi connectivity index (χ1) is 17.8. The van der Waals surface area contributed by atoms with Crippen LogP contribution in [0.15, 0.2) is 121 Å². The van der Waals surface area contributed by atoms with Gasteiger partial charge in [-0.3, -0.25) is 4.79 Å². The molecule has 1 saturated heterocycles. The Balaban J connectivity index is 1.51. The van der Waals surface area contributed by atoms with Crippen LogP contribution in [-0.4, -0.2) is 25.0 Å². The zero-order chi connectivity index (χ0) is 24.6. The number of anilines is 1. The standard InChI is InChI=1S/C33H34N2O/c36-33(23-28-17-9-3-10-18-28)35(30-19-11-4-12-20-30)32(22-27-15-7-2-8-16-27)31-25-34-24-29(31)21-26-13-5-1-6-14-26/h1-20,29,31-32,34H,21-25H2/t29-,31-,32?/m0/s1. The Morgan fingerprint density at radius 3 is 1.83 bits per heavy atom. The minimum absolute atomic E-state index is 0.0507. The number of amides is 1. The van der Waals surface area contributed by atoms with Crippen LogP contribution in [-0.2, 0) is 24.1 Å². The first-order valence-electron chi connectivity index (χ1n) is 13.0. The van der Waals surface area contributed by atoms with E-state index in [4.69, 9.17) is 0 Å². The van der Waals surface area contributed by atoms with Crippen molar-refractivity contribution in [1.82, 2.24) is 5.32 Å². The van der Waals surface area contributed by atoms with Crippen LogP contribution in [0.1, 0.15) is 16.7 Å². The lowest BCUT2D eigenvalue weighted by Gasteiger charge is -2.38. The number of benzene rings is 4. The molecule has 0 bridgehead atoms. The molecule has 3 nitrogen and oxygen atoms in total. The largest absolute Gasteiger partial charge is 0.316 e. The van der Waals surface area contributed by atoms with E-state index in [1.165, 1.54) is 11.1 Å². The van der Waals surface area contributed by atoms with Gasteiger partial charge in [-0.05, 0) is 60.0 Å². The smallest absolute Gasteiger partial charge is 0.231 e. The van der Waals surface area contributed by atoms with Crippen LogP contribution in [0.5, 0.6) is 0 Å². The fraction of sp³-hybridized carbons (Fsp3) is 0.242. The van der Waals surface area contributed by atoms with Gasteiger partial charge >= 0.3 is 0 Å². The maximum Gasteiger partial charge on any atom is 0.231 e. The third kappa shape index (κ3) is 5.92. The summed E-state index contributed by atoms with van der Waals surface area (Å²) in [5.74, 6) is 0.945. The normalized spacial score (nSPS) is 18.0. The number of nitrogens with zero attached hydrogens (tertiary/aromatic N) is 1. The molecule has 182 valence electrons. The molecular formula is C33H34N2O. The van der Waals surface area contributed by atoms with Gasteiger partial charge in [0.15, 0.2) is 0 Å². The third-order valence-electron chi connectivity index (χ3n) is 7.35. The van der Waals surface area contributed by atoms with Crippen LogP contribution < -0.4 is 10.2 Å². The molecule has 1 unspecified atom stereocenters. The van der Waals surface area contributed by atoms with Gasteiger partial charge < -0.3 is 10.2 Å². The number of rotatable bonds is 9. The predicted octanol–water partition coefficient (Wildman–Crippen LogP) is 5.95. The Bertz CT molecular complexity index is 1210. The minimum Gasteiger partial charge on any atom is -0.316 e. The Morgan fingerprint density at radius 1 is 0.694 bits per heavy atom. The second-order valence-electron chi connectivity index (χ2n) is 9.79. The number of hydrogen-bond donors (Lipinski definition) is 1. The van der Waals surface area contributed by atoms with Gasteiger partial charge in [-0.1, -0.05) is 109 Å². The average molecular weight is 475 g/mol. The maximum absolute atomic E-state index is 14.1. The van der Waals surface area contributed by atoms with Crippen molar-refractivity contribution in [1.29, 1.82) is 0 Å². The van der Waals surface area contributed by atoms with E-state index >= 15 is 0 Å². The van der Waals surface area contributed by atoms with E-state index in [9.17, 15) is 4.79 Å². The van der Waals surface area contributed by atoms with Gasteiger partial charge in [0, 0.05) is 18.3 Å². The molecule has 1 heterocycles. The molecule has 36 heavy (non-hydrogen) atoms. The van der Waals surface area contributed by atoms with Gasteiger partial charge in [-0.25, -0.2) is 0 Å². The number of hydrogen-bond acceptors (Lipinski definition) is 2. The molecule has 0 aromatic heterocycles. The average Bonchev–Trinajstić information content (AvgIpc) is 3.38. The highest BCUT2D eigenvalue weighted by Crippen LogP contribution is 2.33. The first-order valence-corrected chi connectivity index (χ1v) is 13.0. The molecule has 1 amide bonds. The molecular weight excluding hydrogens is 440 g/mol. The summed E-state index contributed by atoms with van der Waals surface area (Å²) in [5, 5.41) is 3.67. The third-order valence-corrected chi connectivity index (χ3v) is 7.35. The van der Waals surface area contributed by atoms with Crippen LogP contribution in [0.2, 0.25) is 0 Å². The lowest BCUT2D eigenvalue weighted by atomic mass is 9.81. The lowest BCUT2D eigenvalue weighted by Crippen LogP contribution is -2.49. The van der Waals surface area contributed by atoms with Crippen molar-refractivity contribution in [2.45, 2.75) is 25.3 Å². The molecule has 1 N–H and O–H groups in total. The van der Waals surface area contributed by atoms with E-state index in [0.717, 1.165) is 37.2 Å². The second kappa shape index (κ2) is 11.8. The van der Waals surface area contributed by atoms with Gasteiger partial charge in [0.05, 0.1) is 6.42 Å². The highest BCUT2D eigenvalue weighted by Gasteiger charge is 2.39. The van der Waals surface area contributed by atoms with Crippen molar-refractivity contribution in [3.8, 4) is 0 Å². The van der Waals surface area contributed by atoms with Crippen molar-refractivity contribution in [3.05, 3.63) is 138 Å². The fourth-order valence-electron chi connectivity index (χ4n) is 5.60. The molecule has 1 aliphatic heterocycles. The predicted molar refractivity (Wildman–Crippen MR) is 148 cm³/mol. The molecule has 0 radical (unpaired) electrons. The number of para-hydroxylation sites is 1. The van der Waals surface area contributed by atoms with Gasteiger partial charge in [0.1, 0.15) is 0 Å². The zero-order valence-electron chi connectivity index (χ0n) is 20.7. The zero-order valence-corrected chi connectivity index (χ0v) is 20.7. The number of nitrogens with one attached hydrogen (secondary N) is 1. The van der Waals surface area contributed by atoms with E-state index in [-0.39, 0.29) is 11.9 Å². The van der Waals surface area contributed by atoms with Crippen molar-refractivity contribution in [2.24, 2.45) is 11.8 Å². The monoisotopic (exact) mass is 474 g/mol. The first kappa shape index (κ1) is 24.0. The Labute approximate surface area is 214 Å². The SMILES string of the molecule is O=C(Cc1ccccc1)N(c1ccccc1)C(Cc1ccccc1)[C@H]1CNC[C@@H]1Cc1ccccc1. The van der Waals surface area contributed by atoms with Crippen molar-refractivity contribution >= 4 is 11.6 Å². The summed E-state index contributed by atoms with van der Waals surface area (Å²) in [7, 11) is 0. The summed E-state index contributed by atoms with van der Waals surface area (Å²) in [5.41, 5.74) is 4.65. The van der Waals surface area contributed by atoms with Crippen LogP contribution in [0.25, 0.3) is 0 Å². The molecule has 1 aliphatic rings. The van der Waals surface area contributed by atoms with Crippen LogP contribution in [0, 0.1) is 11.8 Å². The van der Waals surface area contributed by atoms with Crippen LogP contribution in [0.3, 0.4) is 0 Å². The van der Waals surface area contributed by atoms with Crippen molar-refractivity contribution in [3.63, 3.8) is 0 Å². The summed E-state index contributed by atoms with van der Waals surface area (Å²) >= 11 is 0. The van der Waals surface area contributed by atoms with E-state index in [1.54, 1.807) is 0 Å². The molecule has 3 heteroatoms. The fourth-order valence-corrected chi connectivity index (χ4v) is 5.60. The van der Waals surface area contributed by atoms with Gasteiger partial charge in [0.25, 0.3) is 0 Å².